The Morgan fingerprint density at radius 1 is 1.35 bits per heavy atom. The molecule has 1 aromatic heterocycles. The fraction of sp³-hybridized carbons (Fsp3) is 0.786. The maximum absolute atomic E-state index is 6.35. The lowest BCUT2D eigenvalue weighted by molar-refractivity contribution is 0.357. The summed E-state index contributed by atoms with van der Waals surface area (Å²) in [6.07, 6.45) is 12.3. The van der Waals surface area contributed by atoms with Gasteiger partial charge in [0, 0.05) is 25.0 Å². The highest BCUT2D eigenvalue weighted by molar-refractivity contribution is 5.00. The van der Waals surface area contributed by atoms with E-state index in [0.29, 0.717) is 6.04 Å². The van der Waals surface area contributed by atoms with Gasteiger partial charge in [-0.05, 0) is 37.7 Å². The lowest BCUT2D eigenvalue weighted by atomic mass is 9.89. The number of aryl methyl sites for hydroxylation is 2. The van der Waals surface area contributed by atoms with Gasteiger partial charge >= 0.3 is 0 Å². The van der Waals surface area contributed by atoms with Crippen molar-refractivity contribution in [3.63, 3.8) is 0 Å². The molecule has 3 nitrogen and oxygen atoms in total. The summed E-state index contributed by atoms with van der Waals surface area (Å²) < 4.78 is 1.96. The zero-order valence-corrected chi connectivity index (χ0v) is 10.9. The first kappa shape index (κ1) is 12.6. The summed E-state index contributed by atoms with van der Waals surface area (Å²) >= 11 is 0. The molecule has 1 fully saturated rings. The van der Waals surface area contributed by atoms with Gasteiger partial charge in [-0.2, -0.15) is 5.10 Å². The summed E-state index contributed by atoms with van der Waals surface area (Å²) in [6, 6.07) is 2.47. The van der Waals surface area contributed by atoms with E-state index in [2.05, 4.69) is 11.2 Å². The van der Waals surface area contributed by atoms with E-state index in [1.54, 1.807) is 0 Å². The molecule has 1 aromatic rings. The molecule has 0 radical (unpaired) electrons. The van der Waals surface area contributed by atoms with Crippen LogP contribution in [0, 0.1) is 5.92 Å². The lowest BCUT2D eigenvalue weighted by Gasteiger charge is -2.22. The minimum absolute atomic E-state index is 0.378. The molecule has 0 spiro atoms. The van der Waals surface area contributed by atoms with Gasteiger partial charge in [0.15, 0.2) is 0 Å². The van der Waals surface area contributed by atoms with Crippen molar-refractivity contribution in [2.24, 2.45) is 18.7 Å². The van der Waals surface area contributed by atoms with Gasteiger partial charge in [0.1, 0.15) is 0 Å². The number of rotatable bonds is 4. The van der Waals surface area contributed by atoms with Gasteiger partial charge in [-0.15, -0.1) is 0 Å². The summed E-state index contributed by atoms with van der Waals surface area (Å²) in [7, 11) is 2.01. The number of aromatic nitrogens is 2. The van der Waals surface area contributed by atoms with E-state index in [1.165, 1.54) is 44.2 Å². The van der Waals surface area contributed by atoms with Crippen LogP contribution in [0.3, 0.4) is 0 Å². The van der Waals surface area contributed by atoms with Crippen LogP contribution in [-0.4, -0.2) is 15.8 Å². The predicted octanol–water partition coefficient (Wildman–Crippen LogP) is 2.65. The second-order valence-electron chi connectivity index (χ2n) is 5.40. The quantitative estimate of drug-likeness (QED) is 0.815. The van der Waals surface area contributed by atoms with Crippen molar-refractivity contribution in [2.45, 2.75) is 57.4 Å². The predicted molar refractivity (Wildman–Crippen MR) is 70.7 cm³/mol. The zero-order chi connectivity index (χ0) is 12.1. The molecule has 2 rings (SSSR count). The van der Waals surface area contributed by atoms with Gasteiger partial charge < -0.3 is 5.73 Å². The molecule has 1 unspecified atom stereocenters. The van der Waals surface area contributed by atoms with E-state index in [-0.39, 0.29) is 0 Å². The molecule has 1 saturated carbocycles. The van der Waals surface area contributed by atoms with Crippen LogP contribution in [0.25, 0.3) is 0 Å². The second-order valence-corrected chi connectivity index (χ2v) is 5.40. The number of nitrogens with zero attached hydrogens (tertiary/aromatic N) is 2. The van der Waals surface area contributed by atoms with Crippen molar-refractivity contribution in [1.82, 2.24) is 9.78 Å². The van der Waals surface area contributed by atoms with Crippen LogP contribution >= 0.6 is 0 Å². The number of nitrogens with two attached hydrogens (primary N) is 1. The van der Waals surface area contributed by atoms with Crippen LogP contribution in [0.15, 0.2) is 12.3 Å². The first-order chi connectivity index (χ1) is 8.27. The van der Waals surface area contributed by atoms with E-state index < -0.39 is 0 Å². The maximum atomic E-state index is 6.35. The summed E-state index contributed by atoms with van der Waals surface area (Å²) in [5, 5.41) is 4.20. The lowest BCUT2D eigenvalue weighted by Crippen LogP contribution is -2.30. The molecule has 17 heavy (non-hydrogen) atoms. The first-order valence-corrected chi connectivity index (χ1v) is 7.00. The van der Waals surface area contributed by atoms with Crippen molar-refractivity contribution >= 4 is 0 Å². The molecule has 1 aliphatic rings. The molecule has 1 heterocycles. The van der Waals surface area contributed by atoms with E-state index in [9.17, 15) is 0 Å². The molecule has 0 bridgehead atoms. The standard InChI is InChI=1S/C14H25N3/c1-17-13(10-11-16-17)8-9-14(15)12-6-4-2-3-5-7-12/h10-12,14H,2-9,15H2,1H3. The maximum Gasteiger partial charge on any atom is 0.0492 e. The highest BCUT2D eigenvalue weighted by Crippen LogP contribution is 2.26. The fourth-order valence-electron chi connectivity index (χ4n) is 2.94. The molecule has 1 aliphatic carbocycles. The molecule has 1 atom stereocenters. The van der Waals surface area contributed by atoms with Gasteiger partial charge in [-0.1, -0.05) is 25.7 Å². The van der Waals surface area contributed by atoms with E-state index in [4.69, 9.17) is 5.73 Å². The van der Waals surface area contributed by atoms with E-state index in [1.807, 2.05) is 17.9 Å². The van der Waals surface area contributed by atoms with Crippen molar-refractivity contribution < 1.29 is 0 Å². The highest BCUT2D eigenvalue weighted by Gasteiger charge is 2.19. The largest absolute Gasteiger partial charge is 0.327 e. The minimum atomic E-state index is 0.378. The average molecular weight is 235 g/mol. The average Bonchev–Trinajstić information content (AvgIpc) is 2.58. The highest BCUT2D eigenvalue weighted by atomic mass is 15.2. The molecular formula is C14H25N3. The Kier molecular flexibility index (Phi) is 4.60. The van der Waals surface area contributed by atoms with Crippen LogP contribution in [0.4, 0.5) is 0 Å². The van der Waals surface area contributed by atoms with Gasteiger partial charge in [0.05, 0.1) is 0 Å². The normalized spacial score (nSPS) is 20.1. The second kappa shape index (κ2) is 6.20. The number of hydrogen-bond donors (Lipinski definition) is 1. The SMILES string of the molecule is Cn1nccc1CCC(N)C1CCCCCC1. The number of hydrogen-bond acceptors (Lipinski definition) is 2. The molecule has 96 valence electrons. The van der Waals surface area contributed by atoms with Crippen LogP contribution in [0.5, 0.6) is 0 Å². The first-order valence-electron chi connectivity index (χ1n) is 7.00. The third-order valence-corrected chi connectivity index (χ3v) is 4.16. The van der Waals surface area contributed by atoms with E-state index >= 15 is 0 Å². The van der Waals surface area contributed by atoms with Crippen LogP contribution in [-0.2, 0) is 13.5 Å². The molecule has 3 heteroatoms. The van der Waals surface area contributed by atoms with Crippen molar-refractivity contribution in [3.8, 4) is 0 Å². The Labute approximate surface area is 104 Å². The van der Waals surface area contributed by atoms with Crippen LogP contribution in [0.1, 0.15) is 50.6 Å². The summed E-state index contributed by atoms with van der Waals surface area (Å²) in [5.41, 5.74) is 7.65. The smallest absolute Gasteiger partial charge is 0.0492 e. The van der Waals surface area contributed by atoms with Crippen molar-refractivity contribution in [3.05, 3.63) is 18.0 Å². The van der Waals surface area contributed by atoms with Crippen molar-refractivity contribution in [1.29, 1.82) is 0 Å². The van der Waals surface area contributed by atoms with Gasteiger partial charge in [-0.25, -0.2) is 0 Å². The summed E-state index contributed by atoms with van der Waals surface area (Å²) in [6.45, 7) is 0. The van der Waals surface area contributed by atoms with Crippen LogP contribution < -0.4 is 5.73 Å². The zero-order valence-electron chi connectivity index (χ0n) is 10.9. The molecule has 0 aromatic carbocycles. The minimum Gasteiger partial charge on any atom is -0.327 e. The van der Waals surface area contributed by atoms with Gasteiger partial charge in [0.25, 0.3) is 0 Å². The monoisotopic (exact) mass is 235 g/mol. The molecule has 0 amide bonds. The Balaban J connectivity index is 1.80. The Morgan fingerprint density at radius 2 is 2.06 bits per heavy atom. The molecule has 0 saturated heterocycles. The summed E-state index contributed by atoms with van der Waals surface area (Å²) in [4.78, 5) is 0. The molecular weight excluding hydrogens is 210 g/mol. The third-order valence-electron chi connectivity index (χ3n) is 4.16. The van der Waals surface area contributed by atoms with E-state index in [0.717, 1.165) is 18.8 Å². The summed E-state index contributed by atoms with van der Waals surface area (Å²) in [5.74, 6) is 0.755. The Bertz CT molecular complexity index is 324. The fourth-order valence-corrected chi connectivity index (χ4v) is 2.94. The van der Waals surface area contributed by atoms with Crippen LogP contribution in [0.2, 0.25) is 0 Å². The Morgan fingerprint density at radius 3 is 2.65 bits per heavy atom. The van der Waals surface area contributed by atoms with Gasteiger partial charge in [-0.3, -0.25) is 4.68 Å². The molecule has 2 N–H and O–H groups in total. The van der Waals surface area contributed by atoms with Gasteiger partial charge in [0.2, 0.25) is 0 Å². The Hall–Kier alpha value is -0.830. The topological polar surface area (TPSA) is 43.8 Å². The molecule has 0 aliphatic heterocycles. The van der Waals surface area contributed by atoms with Crippen molar-refractivity contribution in [2.75, 3.05) is 0 Å². The third kappa shape index (κ3) is 3.56.